The number of carbonyl (C=O) groups excluding carboxylic acids is 1. The van der Waals surface area contributed by atoms with Crippen molar-refractivity contribution in [3.63, 3.8) is 0 Å². The molecular formula is C35H43F4N9O2. The van der Waals surface area contributed by atoms with E-state index in [0.29, 0.717) is 55.9 Å². The van der Waals surface area contributed by atoms with Gasteiger partial charge in [-0.05, 0) is 52.1 Å². The number of pyridine rings is 1. The number of amides is 1. The van der Waals surface area contributed by atoms with Crippen LogP contribution < -0.4 is 20.7 Å². The third-order valence-corrected chi connectivity index (χ3v) is 10.0. The summed E-state index contributed by atoms with van der Waals surface area (Å²) in [6.45, 7) is 10.9. The van der Waals surface area contributed by atoms with E-state index < -0.39 is 34.6 Å². The number of nitrogens with zero attached hydrogens (tertiary/aromatic N) is 7. The van der Waals surface area contributed by atoms with Gasteiger partial charge in [0.1, 0.15) is 5.82 Å². The molecule has 2 saturated heterocycles. The first-order chi connectivity index (χ1) is 23.8. The number of aromatic amines is 1. The Kier molecular flexibility index (Phi) is 10.3. The van der Waals surface area contributed by atoms with Gasteiger partial charge in [0.05, 0.1) is 22.5 Å². The summed E-state index contributed by atoms with van der Waals surface area (Å²) in [4.78, 5) is 47.4. The molecule has 50 heavy (non-hydrogen) atoms. The maximum atomic E-state index is 16.0. The van der Waals surface area contributed by atoms with Crippen LogP contribution in [0.5, 0.6) is 0 Å². The zero-order valence-corrected chi connectivity index (χ0v) is 28.7. The molecule has 1 aromatic carbocycles. The van der Waals surface area contributed by atoms with Crippen molar-refractivity contribution in [2.45, 2.75) is 45.1 Å². The molecule has 0 unspecified atom stereocenters. The number of alkyl halides is 3. The highest BCUT2D eigenvalue weighted by Crippen LogP contribution is 2.37. The van der Waals surface area contributed by atoms with Gasteiger partial charge in [0.2, 0.25) is 11.5 Å². The molecule has 2 aromatic heterocycles. The number of aromatic nitrogens is 3. The summed E-state index contributed by atoms with van der Waals surface area (Å²) in [7, 11) is 4.12. The SMILES string of the molecule is C[C@@H]1CN(c2cc(F)c(C3=CCN(c4ncc(CN5CCN(C)CC5)cn4)CC3)cc2NC(=O)c2c[nH]c(=O)cc2C(F)(F)F)C[C@H](C)N1C. The Bertz CT molecular complexity index is 1780. The lowest BCUT2D eigenvalue weighted by atomic mass is 9.97. The van der Waals surface area contributed by atoms with Crippen molar-refractivity contribution in [1.29, 1.82) is 0 Å². The Morgan fingerprint density at radius 3 is 2.28 bits per heavy atom. The van der Waals surface area contributed by atoms with Gasteiger partial charge in [-0.1, -0.05) is 6.08 Å². The Morgan fingerprint density at radius 2 is 1.66 bits per heavy atom. The number of H-pyrrole nitrogens is 1. The summed E-state index contributed by atoms with van der Waals surface area (Å²) < 4.78 is 57.5. The number of rotatable bonds is 7. The predicted octanol–water partition coefficient (Wildman–Crippen LogP) is 4.15. The van der Waals surface area contributed by atoms with Crippen molar-refractivity contribution in [3.05, 3.63) is 81.3 Å². The van der Waals surface area contributed by atoms with Gasteiger partial charge in [-0.15, -0.1) is 0 Å². The first-order valence-electron chi connectivity index (χ1n) is 16.8. The van der Waals surface area contributed by atoms with E-state index in [0.717, 1.165) is 44.5 Å². The predicted molar refractivity (Wildman–Crippen MR) is 185 cm³/mol. The summed E-state index contributed by atoms with van der Waals surface area (Å²) in [6.07, 6.45) is 1.85. The molecule has 0 radical (unpaired) electrons. The number of nitrogens with one attached hydrogen (secondary N) is 2. The fourth-order valence-corrected chi connectivity index (χ4v) is 6.81. The topological polar surface area (TPSA) is 104 Å². The van der Waals surface area contributed by atoms with E-state index in [2.05, 4.69) is 42.0 Å². The van der Waals surface area contributed by atoms with Crippen molar-refractivity contribution in [2.75, 3.05) is 81.6 Å². The van der Waals surface area contributed by atoms with Crippen LogP contribution >= 0.6 is 0 Å². The fourth-order valence-electron chi connectivity index (χ4n) is 6.81. The van der Waals surface area contributed by atoms with Crippen LogP contribution in [0.15, 0.2) is 47.7 Å². The third kappa shape index (κ3) is 7.84. The molecule has 3 aromatic rings. The van der Waals surface area contributed by atoms with Gasteiger partial charge in [0.25, 0.3) is 5.91 Å². The number of hydrogen-bond donors (Lipinski definition) is 2. The maximum absolute atomic E-state index is 16.0. The first kappa shape index (κ1) is 35.5. The maximum Gasteiger partial charge on any atom is 0.417 e. The highest BCUT2D eigenvalue weighted by Gasteiger charge is 2.36. The van der Waals surface area contributed by atoms with Crippen molar-refractivity contribution in [1.82, 2.24) is 29.7 Å². The largest absolute Gasteiger partial charge is 0.417 e. The molecule has 2 atom stereocenters. The van der Waals surface area contributed by atoms with E-state index in [-0.39, 0.29) is 23.3 Å². The number of halogens is 4. The smallest absolute Gasteiger partial charge is 0.367 e. The van der Waals surface area contributed by atoms with Crippen LogP contribution in [0.2, 0.25) is 0 Å². The molecule has 3 aliphatic rings. The van der Waals surface area contributed by atoms with Crippen molar-refractivity contribution in [3.8, 4) is 0 Å². The van der Waals surface area contributed by atoms with E-state index >= 15 is 4.39 Å². The van der Waals surface area contributed by atoms with Gasteiger partial charge < -0.3 is 25.0 Å². The highest BCUT2D eigenvalue weighted by molar-refractivity contribution is 6.07. The normalized spacial score (nSPS) is 21.3. The second-order valence-electron chi connectivity index (χ2n) is 13.6. The van der Waals surface area contributed by atoms with E-state index in [4.69, 9.17) is 0 Å². The average Bonchev–Trinajstić information content (AvgIpc) is 3.08. The van der Waals surface area contributed by atoms with Crippen LogP contribution in [-0.4, -0.2) is 114 Å². The number of piperazine rings is 2. The molecule has 3 aliphatic heterocycles. The third-order valence-electron chi connectivity index (χ3n) is 10.0. The van der Waals surface area contributed by atoms with E-state index in [1.165, 1.54) is 12.1 Å². The molecule has 0 saturated carbocycles. The van der Waals surface area contributed by atoms with Gasteiger partial charge in [0, 0.05) is 107 Å². The molecule has 0 aliphatic carbocycles. The van der Waals surface area contributed by atoms with Crippen LogP contribution in [0.1, 0.15) is 47.3 Å². The van der Waals surface area contributed by atoms with Gasteiger partial charge >= 0.3 is 6.18 Å². The standard InChI is InChI=1S/C35H43F4N9O2/c1-22-19-48(20-23(2)45(22)4)31-15-29(36)26(13-30(31)43-33(50)27-18-40-32(49)14-28(27)35(37,38)39)25-5-7-47(8-6-25)34-41-16-24(17-42-34)21-46-11-9-44(3)10-12-46/h5,13-18,22-23H,6-12,19-21H2,1-4H3,(H,40,49)(H,43,50)/t22-,23+. The zero-order valence-electron chi connectivity index (χ0n) is 28.7. The first-order valence-corrected chi connectivity index (χ1v) is 16.8. The van der Waals surface area contributed by atoms with Crippen LogP contribution in [0, 0.1) is 5.82 Å². The quantitative estimate of drug-likeness (QED) is 0.353. The van der Waals surface area contributed by atoms with Crippen molar-refractivity contribution in [2.24, 2.45) is 0 Å². The molecule has 268 valence electrons. The Balaban J connectivity index is 1.25. The van der Waals surface area contributed by atoms with Crippen molar-refractivity contribution >= 4 is 28.8 Å². The van der Waals surface area contributed by atoms with E-state index in [1.54, 1.807) is 0 Å². The number of benzene rings is 1. The summed E-state index contributed by atoms with van der Waals surface area (Å²) in [6, 6.07) is 3.40. The molecule has 6 rings (SSSR count). The minimum Gasteiger partial charge on any atom is -0.367 e. The number of carbonyl (C=O) groups is 1. The van der Waals surface area contributed by atoms with Gasteiger partial charge in [-0.25, -0.2) is 14.4 Å². The van der Waals surface area contributed by atoms with Crippen LogP contribution in [0.4, 0.5) is 34.9 Å². The molecular weight excluding hydrogens is 654 g/mol. The van der Waals surface area contributed by atoms with E-state index in [1.807, 2.05) is 49.2 Å². The number of hydrogen-bond acceptors (Lipinski definition) is 9. The average molecular weight is 698 g/mol. The lowest BCUT2D eigenvalue weighted by molar-refractivity contribution is -0.138. The zero-order chi connectivity index (χ0) is 35.7. The van der Waals surface area contributed by atoms with Crippen LogP contribution in [0.3, 0.4) is 0 Å². The summed E-state index contributed by atoms with van der Waals surface area (Å²) in [5.41, 5.74) is -0.538. The second kappa shape index (κ2) is 14.5. The van der Waals surface area contributed by atoms with Gasteiger partial charge in [-0.2, -0.15) is 13.2 Å². The molecule has 1 amide bonds. The second-order valence-corrected chi connectivity index (χ2v) is 13.6. The minimum absolute atomic E-state index is 0.0937. The summed E-state index contributed by atoms with van der Waals surface area (Å²) in [5, 5.41) is 2.63. The summed E-state index contributed by atoms with van der Waals surface area (Å²) in [5.74, 6) is -0.994. The molecule has 5 heterocycles. The van der Waals surface area contributed by atoms with Crippen LogP contribution in [-0.2, 0) is 12.7 Å². The van der Waals surface area contributed by atoms with Gasteiger partial charge in [0.15, 0.2) is 0 Å². The number of anilines is 3. The van der Waals surface area contributed by atoms with Crippen molar-refractivity contribution < 1.29 is 22.4 Å². The molecule has 0 bridgehead atoms. The molecule has 15 heteroatoms. The van der Waals surface area contributed by atoms with E-state index in [9.17, 15) is 22.8 Å². The Labute approximate surface area is 288 Å². The molecule has 0 spiro atoms. The monoisotopic (exact) mass is 697 g/mol. The molecule has 2 fully saturated rings. The highest BCUT2D eigenvalue weighted by atomic mass is 19.4. The van der Waals surface area contributed by atoms with Gasteiger partial charge in [-0.3, -0.25) is 19.4 Å². The lowest BCUT2D eigenvalue weighted by Gasteiger charge is -2.44. The van der Waals surface area contributed by atoms with Crippen LogP contribution in [0.25, 0.3) is 5.57 Å². The lowest BCUT2D eigenvalue weighted by Crippen LogP contribution is -2.55. The number of likely N-dealkylation sites (N-methyl/N-ethyl adjacent to an activating group) is 2. The molecule has 2 N–H and O–H groups in total. The Morgan fingerprint density at radius 1 is 0.980 bits per heavy atom. The summed E-state index contributed by atoms with van der Waals surface area (Å²) >= 11 is 0. The minimum atomic E-state index is -4.94. The molecule has 11 nitrogen and oxygen atoms in total. The fraction of sp³-hybridized carbons (Fsp3) is 0.486. The Hall–Kier alpha value is -4.34.